The molecule has 4 atom stereocenters. The number of nitrogens with zero attached hydrogens (tertiary/aromatic N) is 2. The van der Waals surface area contributed by atoms with Crippen molar-refractivity contribution < 1.29 is 18.8 Å². The standard InChI is InChI=1S/C17H31N3O5PS3Si/c1-17(2,3)30(4,5)25-14-11(10-23-26(27)28-8-9-29-26)24-15(13(14)21)20-7-6-12(18)19-16(20)22/h6-7,11,13-15,21,27H,8-10H2,1-5H3,(H2,18,19,22)/t11-,13-,14-,15-/m1/s1. The summed E-state index contributed by atoms with van der Waals surface area (Å²) >= 11 is 8.21. The highest BCUT2D eigenvalue weighted by Crippen LogP contribution is 2.87. The topological polar surface area (TPSA) is 109 Å². The monoisotopic (exact) mass is 512 g/mol. The zero-order valence-corrected chi connectivity index (χ0v) is 22.3. The maximum absolute atomic E-state index is 12.4. The second kappa shape index (κ2) is 9.22. The highest BCUT2D eigenvalue weighted by molar-refractivity contribution is 9.15. The average molecular weight is 513 g/mol. The van der Waals surface area contributed by atoms with Gasteiger partial charge in [0.2, 0.25) is 0 Å². The molecular formula is C17H31N3O5PS3Si. The van der Waals surface area contributed by atoms with Crippen molar-refractivity contribution in [2.24, 2.45) is 0 Å². The maximum atomic E-state index is 12.4. The van der Waals surface area contributed by atoms with Gasteiger partial charge in [-0.1, -0.05) is 43.5 Å². The van der Waals surface area contributed by atoms with Gasteiger partial charge < -0.3 is 24.5 Å². The summed E-state index contributed by atoms with van der Waals surface area (Å²) in [6.07, 6.45) is -1.64. The molecular weight excluding hydrogens is 481 g/mol. The number of hydrogen-bond donors (Lipinski definition) is 3. The highest BCUT2D eigenvalue weighted by atomic mass is 33.4. The summed E-state index contributed by atoms with van der Waals surface area (Å²) in [5.41, 5.74) is 5.03. The Labute approximate surface area is 192 Å². The highest BCUT2D eigenvalue weighted by Gasteiger charge is 2.51. The van der Waals surface area contributed by atoms with Crippen molar-refractivity contribution in [2.75, 3.05) is 23.8 Å². The summed E-state index contributed by atoms with van der Waals surface area (Å²) in [5, 5.41) is 9.19. The first-order valence-electron chi connectivity index (χ1n) is 9.74. The quantitative estimate of drug-likeness (QED) is 0.299. The molecule has 2 saturated heterocycles. The molecule has 3 N–H and O–H groups in total. The number of thiol groups is 1. The molecule has 0 bridgehead atoms. The smallest absolute Gasteiger partial charge is 0.351 e. The number of nitrogens with two attached hydrogens (primary N) is 1. The zero-order chi connectivity index (χ0) is 22.3. The van der Waals surface area contributed by atoms with Crippen LogP contribution in [0.4, 0.5) is 5.82 Å². The van der Waals surface area contributed by atoms with Crippen LogP contribution >= 0.6 is 40.1 Å². The fraction of sp³-hybridized carbons (Fsp3) is 0.765. The molecule has 8 nitrogen and oxygen atoms in total. The van der Waals surface area contributed by atoms with E-state index in [-0.39, 0.29) is 17.5 Å². The number of anilines is 1. The van der Waals surface area contributed by atoms with Gasteiger partial charge >= 0.3 is 5.69 Å². The molecule has 0 unspecified atom stereocenters. The summed E-state index contributed by atoms with van der Waals surface area (Å²) in [5.74, 6) is 2.14. The van der Waals surface area contributed by atoms with Crippen LogP contribution in [0.3, 0.4) is 0 Å². The second-order valence-corrected chi connectivity index (χ2v) is 24.8. The van der Waals surface area contributed by atoms with Crippen molar-refractivity contribution in [1.29, 1.82) is 0 Å². The van der Waals surface area contributed by atoms with E-state index in [4.69, 9.17) is 31.7 Å². The molecule has 3 rings (SSSR count). The minimum Gasteiger partial charge on any atom is -0.408 e. The number of hydrogen-bond acceptors (Lipinski definition) is 10. The van der Waals surface area contributed by atoms with Crippen LogP contribution in [0.15, 0.2) is 17.1 Å². The van der Waals surface area contributed by atoms with Gasteiger partial charge in [0.15, 0.2) is 14.5 Å². The van der Waals surface area contributed by atoms with Crippen LogP contribution < -0.4 is 11.4 Å². The van der Waals surface area contributed by atoms with E-state index >= 15 is 0 Å². The summed E-state index contributed by atoms with van der Waals surface area (Å²) < 4.78 is 20.1. The van der Waals surface area contributed by atoms with E-state index in [1.54, 1.807) is 22.8 Å². The molecule has 171 valence electrons. The van der Waals surface area contributed by atoms with Gasteiger partial charge in [-0.3, -0.25) is 4.57 Å². The van der Waals surface area contributed by atoms with E-state index in [0.717, 1.165) is 11.5 Å². The normalized spacial score (nSPS) is 29.4. The number of rotatable bonds is 6. The average Bonchev–Trinajstić information content (AvgIpc) is 3.18. The van der Waals surface area contributed by atoms with Crippen LogP contribution in [-0.2, 0) is 13.7 Å². The molecule has 0 aromatic carbocycles. The number of aliphatic hydroxyl groups excluding tert-OH is 1. The van der Waals surface area contributed by atoms with E-state index in [9.17, 15) is 9.90 Å². The van der Waals surface area contributed by atoms with Crippen molar-refractivity contribution in [1.82, 2.24) is 9.55 Å². The van der Waals surface area contributed by atoms with E-state index in [0.29, 0.717) is 0 Å². The molecule has 13 heteroatoms. The lowest BCUT2D eigenvalue weighted by molar-refractivity contribution is -0.0498. The Morgan fingerprint density at radius 2 is 2.07 bits per heavy atom. The molecule has 0 aliphatic carbocycles. The minimum atomic E-state index is -2.22. The number of nitrogen functional groups attached to an aromatic ring is 1. The van der Waals surface area contributed by atoms with Crippen LogP contribution in [0, 0.1) is 0 Å². The van der Waals surface area contributed by atoms with Crippen LogP contribution in [0.5, 0.6) is 0 Å². The summed E-state index contributed by atoms with van der Waals surface area (Å²) in [4.78, 5) is 16.1. The van der Waals surface area contributed by atoms with Crippen molar-refractivity contribution >= 4 is 54.2 Å². The second-order valence-electron chi connectivity index (χ2n) is 8.87. The molecule has 0 amide bonds. The third-order valence-corrected chi connectivity index (χ3v) is 20.3. The van der Waals surface area contributed by atoms with Crippen molar-refractivity contribution in [3.8, 4) is 0 Å². The molecule has 0 spiro atoms. The van der Waals surface area contributed by atoms with Gasteiger partial charge in [-0.15, -0.1) is 12.2 Å². The Hall–Kier alpha value is 0.217. The third-order valence-electron chi connectivity index (χ3n) is 5.67. The first kappa shape index (κ1) is 24.9. The molecule has 2 fully saturated rings. The zero-order valence-electron chi connectivity index (χ0n) is 17.8. The van der Waals surface area contributed by atoms with Gasteiger partial charge in [0.05, 0.1) is 6.61 Å². The Balaban J connectivity index is 1.85. The van der Waals surface area contributed by atoms with Gasteiger partial charge in [-0.25, -0.2) is 4.79 Å². The van der Waals surface area contributed by atoms with Crippen LogP contribution in [0.2, 0.25) is 18.1 Å². The van der Waals surface area contributed by atoms with Gasteiger partial charge in [0.25, 0.3) is 0 Å². The summed E-state index contributed by atoms with van der Waals surface area (Å²) in [6.45, 7) is 10.9. The van der Waals surface area contributed by atoms with Crippen LogP contribution in [0.1, 0.15) is 27.0 Å². The minimum absolute atomic E-state index is 0.0509. The molecule has 1 aromatic rings. The molecule has 3 heterocycles. The Morgan fingerprint density at radius 3 is 2.63 bits per heavy atom. The van der Waals surface area contributed by atoms with E-state index in [1.807, 2.05) is 0 Å². The van der Waals surface area contributed by atoms with Crippen molar-refractivity contribution in [3.63, 3.8) is 0 Å². The van der Waals surface area contributed by atoms with Crippen molar-refractivity contribution in [3.05, 3.63) is 22.7 Å². The molecule has 1 aromatic heterocycles. The summed E-state index contributed by atoms with van der Waals surface area (Å²) in [6, 6.07) is 1.51. The van der Waals surface area contributed by atoms with E-state index in [1.165, 1.54) is 16.8 Å². The molecule has 0 saturated carbocycles. The fourth-order valence-electron chi connectivity index (χ4n) is 2.95. The lowest BCUT2D eigenvalue weighted by Gasteiger charge is -2.40. The predicted octanol–water partition coefficient (Wildman–Crippen LogP) is 3.58. The molecule has 2 aliphatic rings. The van der Waals surface area contributed by atoms with Crippen molar-refractivity contribution in [2.45, 2.75) is 63.4 Å². The van der Waals surface area contributed by atoms with Gasteiger partial charge in [0, 0.05) is 17.7 Å². The van der Waals surface area contributed by atoms with Crippen LogP contribution in [0.25, 0.3) is 0 Å². The lowest BCUT2D eigenvalue weighted by atomic mass is 10.1. The lowest BCUT2D eigenvalue weighted by Crippen LogP contribution is -2.50. The Morgan fingerprint density at radius 1 is 1.43 bits per heavy atom. The maximum Gasteiger partial charge on any atom is 0.351 e. The SMILES string of the molecule is CC(C)(C)[Si](C)(C)O[C@H]1[C@@H](O)[C@H](n2ccc(N)nc2=O)O[C@@H]1CO[P]1(S)SCCS1. The van der Waals surface area contributed by atoms with Gasteiger partial charge in [-0.2, -0.15) is 4.98 Å². The largest absolute Gasteiger partial charge is 0.408 e. The molecule has 1 radical (unpaired) electrons. The molecule has 30 heavy (non-hydrogen) atoms. The number of aromatic nitrogens is 2. The first-order valence-corrected chi connectivity index (χ1v) is 18.7. The van der Waals surface area contributed by atoms with Crippen LogP contribution in [-0.4, -0.2) is 59.4 Å². The number of aliphatic hydroxyl groups is 1. The van der Waals surface area contributed by atoms with Gasteiger partial charge in [0.1, 0.15) is 29.2 Å². The number of ether oxygens (including phenoxy) is 1. The predicted molar refractivity (Wildman–Crippen MR) is 132 cm³/mol. The van der Waals surface area contributed by atoms with Gasteiger partial charge in [-0.05, 0) is 24.2 Å². The summed E-state index contributed by atoms with van der Waals surface area (Å²) in [7, 11) is -2.22. The third kappa shape index (κ3) is 5.40. The fourth-order valence-corrected chi connectivity index (χ4v) is 13.3. The Kier molecular flexibility index (Phi) is 7.64. The van der Waals surface area contributed by atoms with E-state index in [2.05, 4.69) is 38.8 Å². The van der Waals surface area contributed by atoms with E-state index < -0.39 is 43.6 Å². The first-order chi connectivity index (χ1) is 13.8. The Bertz CT molecular complexity index is 819. The molecule has 2 aliphatic heterocycles.